The Labute approximate surface area is 150 Å². The third-order valence-electron chi connectivity index (χ3n) is 4.81. The van der Waals surface area contributed by atoms with Crippen LogP contribution in [0.25, 0.3) is 0 Å². The summed E-state index contributed by atoms with van der Waals surface area (Å²) in [5, 5.41) is 3.05. The molecule has 0 bridgehead atoms. The molecule has 3 rings (SSSR count). The van der Waals surface area contributed by atoms with E-state index in [1.807, 2.05) is 32.0 Å². The summed E-state index contributed by atoms with van der Waals surface area (Å²) in [6, 6.07) is 12.2. The highest BCUT2D eigenvalue weighted by atomic mass is 16.1. The largest absolute Gasteiger partial charge is 0.369 e. The number of piperazine rings is 1. The lowest BCUT2D eigenvalue weighted by molar-refractivity contribution is 0.102. The Kier molecular flexibility index (Phi) is 5.09. The Bertz CT molecular complexity index is 756. The molecular weight excluding hydrogens is 310 g/mol. The molecule has 0 saturated carbocycles. The monoisotopic (exact) mass is 337 g/mol. The Balaban J connectivity index is 1.73. The molecule has 1 heterocycles. The topological polar surface area (TPSA) is 35.6 Å². The molecule has 4 nitrogen and oxygen atoms in total. The quantitative estimate of drug-likeness (QED) is 0.929. The second-order valence-electron chi connectivity index (χ2n) is 7.12. The normalized spacial score (nSPS) is 15.3. The minimum absolute atomic E-state index is 0.0535. The second kappa shape index (κ2) is 7.28. The van der Waals surface area contributed by atoms with Gasteiger partial charge in [-0.15, -0.1) is 0 Å². The third-order valence-corrected chi connectivity index (χ3v) is 4.81. The number of benzene rings is 2. The summed E-state index contributed by atoms with van der Waals surface area (Å²) in [4.78, 5) is 17.3. The van der Waals surface area contributed by atoms with Gasteiger partial charge >= 0.3 is 0 Å². The number of carbonyl (C=O) groups excluding carboxylic acids is 1. The first-order valence-electron chi connectivity index (χ1n) is 8.86. The summed E-state index contributed by atoms with van der Waals surface area (Å²) in [7, 11) is 2.16. The lowest BCUT2D eigenvalue weighted by Gasteiger charge is -2.34. The predicted octanol–water partition coefficient (Wildman–Crippen LogP) is 3.62. The van der Waals surface area contributed by atoms with E-state index in [1.165, 1.54) is 5.69 Å². The summed E-state index contributed by atoms with van der Waals surface area (Å²) < 4.78 is 0. The molecule has 1 fully saturated rings. The van der Waals surface area contributed by atoms with Crippen LogP contribution in [0, 0.1) is 20.8 Å². The third kappa shape index (κ3) is 4.20. The maximum absolute atomic E-state index is 12.6. The van der Waals surface area contributed by atoms with Gasteiger partial charge in [0.1, 0.15) is 0 Å². The Morgan fingerprint density at radius 2 is 1.56 bits per heavy atom. The van der Waals surface area contributed by atoms with Gasteiger partial charge in [-0.2, -0.15) is 0 Å². The molecule has 1 aliphatic rings. The fourth-order valence-electron chi connectivity index (χ4n) is 3.35. The Morgan fingerprint density at radius 3 is 2.16 bits per heavy atom. The number of hydrogen-bond donors (Lipinski definition) is 1. The highest BCUT2D eigenvalue weighted by molar-refractivity contribution is 6.05. The first-order chi connectivity index (χ1) is 11.9. The molecule has 1 aliphatic heterocycles. The van der Waals surface area contributed by atoms with Crippen molar-refractivity contribution in [2.45, 2.75) is 20.8 Å². The van der Waals surface area contributed by atoms with E-state index < -0.39 is 0 Å². The highest BCUT2D eigenvalue weighted by Crippen LogP contribution is 2.24. The van der Waals surface area contributed by atoms with Crippen molar-refractivity contribution in [1.29, 1.82) is 0 Å². The average molecular weight is 337 g/mol. The van der Waals surface area contributed by atoms with Crippen LogP contribution in [0.4, 0.5) is 11.4 Å². The minimum Gasteiger partial charge on any atom is -0.369 e. The number of nitrogens with zero attached hydrogens (tertiary/aromatic N) is 2. The molecular formula is C21H27N3O. The van der Waals surface area contributed by atoms with Crippen molar-refractivity contribution in [2.75, 3.05) is 43.4 Å². The molecule has 0 radical (unpaired) electrons. The summed E-state index contributed by atoms with van der Waals surface area (Å²) in [6.07, 6.45) is 0. The van der Waals surface area contributed by atoms with Crippen molar-refractivity contribution in [2.24, 2.45) is 0 Å². The van der Waals surface area contributed by atoms with Gasteiger partial charge in [0.15, 0.2) is 0 Å². The molecule has 0 aliphatic carbocycles. The highest BCUT2D eigenvalue weighted by Gasteiger charge is 2.15. The Hall–Kier alpha value is -2.33. The summed E-state index contributed by atoms with van der Waals surface area (Å²) >= 11 is 0. The van der Waals surface area contributed by atoms with Crippen LogP contribution >= 0.6 is 0 Å². The van der Waals surface area contributed by atoms with E-state index >= 15 is 0 Å². The zero-order valence-corrected chi connectivity index (χ0v) is 15.6. The van der Waals surface area contributed by atoms with E-state index in [1.54, 1.807) is 0 Å². The van der Waals surface area contributed by atoms with E-state index in [9.17, 15) is 4.79 Å². The SMILES string of the molecule is Cc1cc(C)cc(C(=O)Nc2ccc(N3CCN(C)CC3)cc2C)c1. The summed E-state index contributed by atoms with van der Waals surface area (Å²) in [6.45, 7) is 10.3. The zero-order valence-electron chi connectivity index (χ0n) is 15.6. The average Bonchev–Trinajstić information content (AvgIpc) is 2.56. The van der Waals surface area contributed by atoms with E-state index in [4.69, 9.17) is 0 Å². The standard InChI is InChI=1S/C21H27N3O/c1-15-11-16(2)13-18(12-15)21(25)22-20-6-5-19(14-17(20)3)24-9-7-23(4)8-10-24/h5-6,11-14H,7-10H2,1-4H3,(H,22,25). The number of nitrogens with one attached hydrogen (secondary N) is 1. The maximum atomic E-state index is 12.6. The lowest BCUT2D eigenvalue weighted by Crippen LogP contribution is -2.44. The van der Waals surface area contributed by atoms with Gasteiger partial charge in [-0.3, -0.25) is 4.79 Å². The van der Waals surface area contributed by atoms with Crippen LogP contribution in [-0.2, 0) is 0 Å². The van der Waals surface area contributed by atoms with Crippen molar-refractivity contribution in [1.82, 2.24) is 4.90 Å². The van der Waals surface area contributed by atoms with Gasteiger partial charge in [0.05, 0.1) is 0 Å². The minimum atomic E-state index is -0.0535. The molecule has 0 aromatic heterocycles. The first kappa shape index (κ1) is 17.5. The number of likely N-dealkylation sites (N-methyl/N-ethyl adjacent to an activating group) is 1. The van der Waals surface area contributed by atoms with Gasteiger partial charge in [-0.1, -0.05) is 17.2 Å². The number of amides is 1. The molecule has 0 atom stereocenters. The van der Waals surface area contributed by atoms with Crippen molar-refractivity contribution in [3.8, 4) is 0 Å². The fraction of sp³-hybridized carbons (Fsp3) is 0.381. The molecule has 132 valence electrons. The van der Waals surface area contributed by atoms with Crippen LogP contribution in [-0.4, -0.2) is 44.0 Å². The molecule has 2 aromatic carbocycles. The molecule has 4 heteroatoms. The zero-order chi connectivity index (χ0) is 18.0. The maximum Gasteiger partial charge on any atom is 0.255 e. The van der Waals surface area contributed by atoms with Crippen LogP contribution in [0.3, 0.4) is 0 Å². The predicted molar refractivity (Wildman–Crippen MR) is 105 cm³/mol. The van der Waals surface area contributed by atoms with Crippen LogP contribution in [0.15, 0.2) is 36.4 Å². The lowest BCUT2D eigenvalue weighted by atomic mass is 10.1. The van der Waals surface area contributed by atoms with E-state index in [-0.39, 0.29) is 5.91 Å². The first-order valence-corrected chi connectivity index (χ1v) is 8.86. The van der Waals surface area contributed by atoms with Gasteiger partial charge in [0.2, 0.25) is 0 Å². The Morgan fingerprint density at radius 1 is 0.920 bits per heavy atom. The van der Waals surface area contributed by atoms with E-state index in [2.05, 4.69) is 47.3 Å². The van der Waals surface area contributed by atoms with Gasteiger partial charge in [0.25, 0.3) is 5.91 Å². The van der Waals surface area contributed by atoms with Gasteiger partial charge in [0, 0.05) is 43.1 Å². The second-order valence-corrected chi connectivity index (χ2v) is 7.12. The van der Waals surface area contributed by atoms with Gasteiger partial charge < -0.3 is 15.1 Å². The number of rotatable bonds is 3. The number of aryl methyl sites for hydroxylation is 3. The van der Waals surface area contributed by atoms with E-state index in [0.29, 0.717) is 5.56 Å². The van der Waals surface area contributed by atoms with Gasteiger partial charge in [-0.05, 0) is 63.7 Å². The van der Waals surface area contributed by atoms with Crippen LogP contribution < -0.4 is 10.2 Å². The van der Waals surface area contributed by atoms with E-state index in [0.717, 1.165) is 48.6 Å². The molecule has 0 spiro atoms. The van der Waals surface area contributed by atoms with Crippen LogP contribution in [0.5, 0.6) is 0 Å². The number of carbonyl (C=O) groups is 1. The van der Waals surface area contributed by atoms with Gasteiger partial charge in [-0.25, -0.2) is 0 Å². The van der Waals surface area contributed by atoms with Crippen LogP contribution in [0.1, 0.15) is 27.0 Å². The van der Waals surface area contributed by atoms with Crippen molar-refractivity contribution < 1.29 is 4.79 Å². The molecule has 1 amide bonds. The molecule has 2 aromatic rings. The number of hydrogen-bond acceptors (Lipinski definition) is 3. The number of anilines is 2. The molecule has 1 saturated heterocycles. The fourth-order valence-corrected chi connectivity index (χ4v) is 3.35. The molecule has 1 N–H and O–H groups in total. The molecule has 0 unspecified atom stereocenters. The van der Waals surface area contributed by atoms with Crippen molar-refractivity contribution in [3.05, 3.63) is 58.7 Å². The van der Waals surface area contributed by atoms with Crippen molar-refractivity contribution in [3.63, 3.8) is 0 Å². The summed E-state index contributed by atoms with van der Waals surface area (Å²) in [5.74, 6) is -0.0535. The summed E-state index contributed by atoms with van der Waals surface area (Å²) in [5.41, 5.74) is 6.12. The molecule has 25 heavy (non-hydrogen) atoms. The van der Waals surface area contributed by atoms with Crippen LogP contribution in [0.2, 0.25) is 0 Å². The smallest absolute Gasteiger partial charge is 0.255 e. The van der Waals surface area contributed by atoms with Crippen molar-refractivity contribution >= 4 is 17.3 Å².